The van der Waals surface area contributed by atoms with Crippen molar-refractivity contribution in [2.24, 2.45) is 5.73 Å². The van der Waals surface area contributed by atoms with Crippen molar-refractivity contribution in [3.8, 4) is 5.75 Å². The molecule has 0 amide bonds. The second-order valence-electron chi connectivity index (χ2n) is 4.54. The van der Waals surface area contributed by atoms with E-state index < -0.39 is 0 Å². The van der Waals surface area contributed by atoms with E-state index in [1.54, 1.807) is 18.3 Å². The van der Waals surface area contributed by atoms with Gasteiger partial charge >= 0.3 is 0 Å². The van der Waals surface area contributed by atoms with Gasteiger partial charge in [0.1, 0.15) is 5.75 Å². The third-order valence-corrected chi connectivity index (χ3v) is 2.93. The molecule has 2 rings (SSSR count). The second kappa shape index (κ2) is 7.31. The third-order valence-electron chi connectivity index (χ3n) is 2.93. The van der Waals surface area contributed by atoms with Crippen molar-refractivity contribution in [3.63, 3.8) is 0 Å². The number of nitrogens with zero attached hydrogens (tertiary/aromatic N) is 1. The quantitative estimate of drug-likeness (QED) is 0.790. The van der Waals surface area contributed by atoms with E-state index >= 15 is 0 Å². The van der Waals surface area contributed by atoms with Crippen LogP contribution in [-0.2, 0) is 0 Å². The monoisotopic (exact) mass is 325 g/mol. The summed E-state index contributed by atoms with van der Waals surface area (Å²) >= 11 is 0. The molecule has 19 heavy (non-hydrogen) atoms. The van der Waals surface area contributed by atoms with Gasteiger partial charge in [-0.2, -0.15) is 0 Å². The predicted molar refractivity (Wildman–Crippen MR) is 85.1 cm³/mol. The highest BCUT2D eigenvalue weighted by Crippen LogP contribution is 2.27. The van der Waals surface area contributed by atoms with Crippen LogP contribution < -0.4 is 11.1 Å². The average Bonchev–Trinajstić information content (AvgIpc) is 2.36. The van der Waals surface area contributed by atoms with Crippen LogP contribution in [0, 0.1) is 0 Å². The molecule has 4 nitrogen and oxygen atoms in total. The van der Waals surface area contributed by atoms with Gasteiger partial charge in [0.05, 0.1) is 11.2 Å². The summed E-state index contributed by atoms with van der Waals surface area (Å²) in [7, 11) is 0. The zero-order chi connectivity index (χ0) is 13.0. The normalized spacial score (nSPS) is 11.9. The van der Waals surface area contributed by atoms with Crippen molar-refractivity contribution < 1.29 is 5.11 Å². The summed E-state index contributed by atoms with van der Waals surface area (Å²) in [6, 6.07) is 7.55. The molecule has 2 aromatic rings. The second-order valence-corrected chi connectivity index (χ2v) is 4.54. The van der Waals surface area contributed by atoms with Crippen LogP contribution in [0.5, 0.6) is 5.75 Å². The highest BCUT2D eigenvalue weighted by molar-refractivity contribution is 8.93. The number of fused-ring (bicyclic) bond motifs is 1. The van der Waals surface area contributed by atoms with Gasteiger partial charge in [-0.25, -0.2) is 0 Å². The molecule has 0 aliphatic rings. The van der Waals surface area contributed by atoms with Crippen LogP contribution in [-0.4, -0.2) is 22.7 Å². The zero-order valence-corrected chi connectivity index (χ0v) is 12.7. The Morgan fingerprint density at radius 3 is 2.95 bits per heavy atom. The minimum Gasteiger partial charge on any atom is -0.508 e. The first-order chi connectivity index (χ1) is 8.70. The molecule has 0 saturated carbocycles. The van der Waals surface area contributed by atoms with E-state index in [-0.39, 0.29) is 22.7 Å². The lowest BCUT2D eigenvalue weighted by atomic mass is 10.1. The molecule has 0 bridgehead atoms. The lowest BCUT2D eigenvalue weighted by Crippen LogP contribution is -2.17. The van der Waals surface area contributed by atoms with Crippen molar-refractivity contribution in [3.05, 3.63) is 30.5 Å². The van der Waals surface area contributed by atoms with Gasteiger partial charge in [0.25, 0.3) is 0 Å². The van der Waals surface area contributed by atoms with Gasteiger partial charge in [-0.3, -0.25) is 4.98 Å². The number of nitrogens with two attached hydrogens (primary N) is 1. The summed E-state index contributed by atoms with van der Waals surface area (Å²) in [6.45, 7) is 2.81. The van der Waals surface area contributed by atoms with Crippen molar-refractivity contribution in [2.75, 3.05) is 11.9 Å². The highest BCUT2D eigenvalue weighted by Gasteiger charge is 2.07. The summed E-state index contributed by atoms with van der Waals surface area (Å²) < 4.78 is 0. The SMILES string of the molecule is Br.CC(CCCN)Nc1cc(O)cc2cccnc12. The predicted octanol–water partition coefficient (Wildman–Crippen LogP) is 3.06. The van der Waals surface area contributed by atoms with Gasteiger partial charge in [0, 0.05) is 23.7 Å². The number of halogens is 1. The maximum atomic E-state index is 9.71. The summed E-state index contributed by atoms with van der Waals surface area (Å²) in [4.78, 5) is 4.36. The standard InChI is InChI=1S/C14H19N3O.BrH/c1-10(4-2-6-15)17-13-9-12(18)8-11-5-3-7-16-14(11)13;/h3,5,7-10,17-18H,2,4,6,15H2,1H3;1H. The van der Waals surface area contributed by atoms with Gasteiger partial charge in [-0.05, 0) is 38.4 Å². The number of phenolic OH excluding ortho intramolecular Hbond substituents is 1. The van der Waals surface area contributed by atoms with Crippen molar-refractivity contribution in [2.45, 2.75) is 25.8 Å². The molecule has 1 atom stereocenters. The van der Waals surface area contributed by atoms with Gasteiger partial charge in [0.15, 0.2) is 0 Å². The van der Waals surface area contributed by atoms with E-state index in [4.69, 9.17) is 5.73 Å². The van der Waals surface area contributed by atoms with Crippen molar-refractivity contribution >= 4 is 33.6 Å². The largest absolute Gasteiger partial charge is 0.508 e. The van der Waals surface area contributed by atoms with Crippen LogP contribution in [0.4, 0.5) is 5.69 Å². The number of aromatic hydroxyl groups is 1. The number of phenols is 1. The molecule has 1 aromatic heterocycles. The Labute approximate surface area is 123 Å². The van der Waals surface area contributed by atoms with Crippen LogP contribution in [0.15, 0.2) is 30.5 Å². The minimum atomic E-state index is 0. The van der Waals surface area contributed by atoms with Gasteiger partial charge in [-0.1, -0.05) is 6.07 Å². The summed E-state index contributed by atoms with van der Waals surface area (Å²) in [5.74, 6) is 0.254. The number of benzene rings is 1. The Balaban J connectivity index is 0.00000180. The van der Waals surface area contributed by atoms with E-state index in [2.05, 4.69) is 17.2 Å². The van der Waals surface area contributed by atoms with Crippen LogP contribution >= 0.6 is 17.0 Å². The molecule has 0 radical (unpaired) electrons. The molecule has 1 unspecified atom stereocenters. The fourth-order valence-corrected chi connectivity index (χ4v) is 2.05. The molecule has 0 aliphatic heterocycles. The number of hydrogen-bond donors (Lipinski definition) is 3. The van der Waals surface area contributed by atoms with Crippen LogP contribution in [0.1, 0.15) is 19.8 Å². The number of anilines is 1. The molecule has 5 heteroatoms. The summed E-state index contributed by atoms with van der Waals surface area (Å²) in [5.41, 5.74) is 7.26. The lowest BCUT2D eigenvalue weighted by molar-refractivity contribution is 0.476. The van der Waals surface area contributed by atoms with Gasteiger partial charge in [-0.15, -0.1) is 17.0 Å². The fourth-order valence-electron chi connectivity index (χ4n) is 2.05. The van der Waals surface area contributed by atoms with Crippen molar-refractivity contribution in [1.82, 2.24) is 4.98 Å². The van der Waals surface area contributed by atoms with E-state index in [1.165, 1.54) is 0 Å². The Bertz CT molecular complexity index is 533. The molecule has 0 saturated heterocycles. The zero-order valence-electron chi connectivity index (χ0n) is 11.0. The van der Waals surface area contributed by atoms with Crippen molar-refractivity contribution in [1.29, 1.82) is 0 Å². The first kappa shape index (κ1) is 15.7. The molecular formula is C14H20BrN3O. The van der Waals surface area contributed by atoms with Gasteiger partial charge < -0.3 is 16.2 Å². The first-order valence-corrected chi connectivity index (χ1v) is 6.25. The van der Waals surface area contributed by atoms with Crippen LogP contribution in [0.2, 0.25) is 0 Å². The smallest absolute Gasteiger partial charge is 0.118 e. The van der Waals surface area contributed by atoms with Gasteiger partial charge in [0.2, 0.25) is 0 Å². The first-order valence-electron chi connectivity index (χ1n) is 6.25. The van der Waals surface area contributed by atoms with E-state index in [1.807, 2.05) is 12.1 Å². The Kier molecular flexibility index (Phi) is 6.05. The molecule has 0 fully saturated rings. The molecule has 4 N–H and O–H groups in total. The molecule has 1 heterocycles. The number of aromatic nitrogens is 1. The molecular weight excluding hydrogens is 306 g/mol. The number of rotatable bonds is 5. The lowest BCUT2D eigenvalue weighted by Gasteiger charge is -2.16. The summed E-state index contributed by atoms with van der Waals surface area (Å²) in [5, 5.41) is 14.0. The van der Waals surface area contributed by atoms with Crippen LogP contribution in [0.25, 0.3) is 10.9 Å². The maximum absolute atomic E-state index is 9.71. The topological polar surface area (TPSA) is 71.2 Å². The number of pyridine rings is 1. The van der Waals surface area contributed by atoms with Crippen LogP contribution in [0.3, 0.4) is 0 Å². The summed E-state index contributed by atoms with van der Waals surface area (Å²) in [6.07, 6.45) is 3.74. The highest BCUT2D eigenvalue weighted by atomic mass is 79.9. The fraction of sp³-hybridized carbons (Fsp3) is 0.357. The molecule has 0 aliphatic carbocycles. The minimum absolute atomic E-state index is 0. The Morgan fingerprint density at radius 2 is 2.21 bits per heavy atom. The number of nitrogens with one attached hydrogen (secondary N) is 1. The Morgan fingerprint density at radius 1 is 1.42 bits per heavy atom. The van der Waals surface area contributed by atoms with E-state index in [9.17, 15) is 5.11 Å². The van der Waals surface area contributed by atoms with E-state index in [0.29, 0.717) is 12.6 Å². The molecule has 0 spiro atoms. The third kappa shape index (κ3) is 4.08. The molecule has 104 valence electrons. The average molecular weight is 326 g/mol. The maximum Gasteiger partial charge on any atom is 0.118 e. The Hall–Kier alpha value is -1.33. The molecule has 1 aromatic carbocycles. The number of hydrogen-bond acceptors (Lipinski definition) is 4. The van der Waals surface area contributed by atoms with E-state index in [0.717, 1.165) is 29.4 Å².